The Kier molecular flexibility index (Phi) is 4.63. The van der Waals surface area contributed by atoms with Gasteiger partial charge in [0.25, 0.3) is 0 Å². The molecule has 0 aliphatic heterocycles. The Morgan fingerprint density at radius 1 is 1.07 bits per heavy atom. The molecule has 0 atom stereocenters. The van der Waals surface area contributed by atoms with E-state index in [0.29, 0.717) is 0 Å². The highest BCUT2D eigenvalue weighted by Gasteiger charge is 2.16. The van der Waals surface area contributed by atoms with Crippen LogP contribution in [0.15, 0.2) is 16.6 Å². The predicted octanol–water partition coefficient (Wildman–Crippen LogP) is 4.61. The van der Waals surface area contributed by atoms with Crippen LogP contribution in [0.4, 0.5) is 0 Å². The molecule has 1 aromatic carbocycles. The van der Waals surface area contributed by atoms with E-state index in [0.717, 1.165) is 16.0 Å². The van der Waals surface area contributed by atoms with Gasteiger partial charge in [-0.25, -0.2) is 0 Å². The van der Waals surface area contributed by atoms with Crippen molar-refractivity contribution in [2.24, 2.45) is 0 Å². The largest absolute Gasteiger partial charge is 0.175 e. The van der Waals surface area contributed by atoms with Gasteiger partial charge in [-0.2, -0.15) is 25.3 Å². The maximum Gasteiger partial charge on any atom is 0.0256 e. The van der Waals surface area contributed by atoms with Crippen LogP contribution in [0.3, 0.4) is 0 Å². The maximum atomic E-state index is 4.35. The summed E-state index contributed by atoms with van der Waals surface area (Å²) in [5.41, 5.74) is 4.01. The Morgan fingerprint density at radius 2 is 1.47 bits per heavy atom. The minimum absolute atomic E-state index is 0.177. The summed E-state index contributed by atoms with van der Waals surface area (Å²) < 4.78 is 1.15. The third-order valence-corrected chi connectivity index (χ3v) is 4.13. The van der Waals surface area contributed by atoms with Gasteiger partial charge in [-0.05, 0) is 22.1 Å². The molecule has 0 amide bonds. The molecular formula is C12H17BrS2. The first-order chi connectivity index (χ1) is 6.90. The molecule has 1 rings (SSSR count). The van der Waals surface area contributed by atoms with E-state index in [1.54, 1.807) is 0 Å². The zero-order chi connectivity index (χ0) is 11.6. The molecule has 0 nitrogen and oxygen atoms in total. The Balaban J connectivity index is 3.33. The summed E-state index contributed by atoms with van der Waals surface area (Å²) >= 11 is 12.3. The van der Waals surface area contributed by atoms with Crippen molar-refractivity contribution >= 4 is 41.2 Å². The summed E-state index contributed by atoms with van der Waals surface area (Å²) in [6.07, 6.45) is 0. The van der Waals surface area contributed by atoms with Crippen molar-refractivity contribution in [1.82, 2.24) is 0 Å². The fraction of sp³-hybridized carbons (Fsp3) is 0.500. The molecule has 0 spiro atoms. The highest BCUT2D eigenvalue weighted by atomic mass is 79.9. The third kappa shape index (κ3) is 3.18. The lowest BCUT2D eigenvalue weighted by atomic mass is 9.85. The van der Waals surface area contributed by atoms with Crippen LogP contribution in [0.25, 0.3) is 0 Å². The van der Waals surface area contributed by atoms with E-state index in [1.165, 1.54) is 16.7 Å². The van der Waals surface area contributed by atoms with Crippen LogP contribution in [0.5, 0.6) is 0 Å². The average Bonchev–Trinajstić information content (AvgIpc) is 2.16. The normalized spacial score (nSPS) is 11.9. The summed E-state index contributed by atoms with van der Waals surface area (Å²) in [6, 6.07) is 4.45. The van der Waals surface area contributed by atoms with Crippen LogP contribution in [-0.2, 0) is 16.9 Å². The summed E-state index contributed by atoms with van der Waals surface area (Å²) in [5, 5.41) is 0. The molecule has 3 heteroatoms. The van der Waals surface area contributed by atoms with Crippen LogP contribution in [-0.4, -0.2) is 0 Å². The van der Waals surface area contributed by atoms with Crippen LogP contribution in [0.2, 0.25) is 0 Å². The monoisotopic (exact) mass is 304 g/mol. The molecule has 0 aromatic heterocycles. The minimum Gasteiger partial charge on any atom is -0.175 e. The fourth-order valence-corrected chi connectivity index (χ4v) is 2.85. The summed E-state index contributed by atoms with van der Waals surface area (Å²) in [6.45, 7) is 6.67. The van der Waals surface area contributed by atoms with Gasteiger partial charge in [0.1, 0.15) is 0 Å². The number of benzene rings is 1. The fourth-order valence-electron chi connectivity index (χ4n) is 1.41. The summed E-state index contributed by atoms with van der Waals surface area (Å²) in [5.74, 6) is 1.51. The second-order valence-corrected chi connectivity index (χ2v) is 6.10. The molecule has 0 aliphatic carbocycles. The van der Waals surface area contributed by atoms with Gasteiger partial charge in [0, 0.05) is 16.0 Å². The Hall–Kier alpha value is 0.400. The lowest BCUT2D eigenvalue weighted by Crippen LogP contribution is -2.12. The van der Waals surface area contributed by atoms with Gasteiger partial charge >= 0.3 is 0 Å². The van der Waals surface area contributed by atoms with E-state index in [-0.39, 0.29) is 5.41 Å². The molecule has 0 saturated heterocycles. The van der Waals surface area contributed by atoms with Crippen LogP contribution in [0.1, 0.15) is 37.5 Å². The molecule has 84 valence electrons. The summed E-state index contributed by atoms with van der Waals surface area (Å²) in [7, 11) is 0. The smallest absolute Gasteiger partial charge is 0.0256 e. The standard InChI is InChI=1S/C12H17BrS2/c1-12(2,3)10-4-8(6-14)11(13)9(5-10)7-15/h4-5,14-15H,6-7H2,1-3H3. The second kappa shape index (κ2) is 5.15. The van der Waals surface area contributed by atoms with E-state index in [1.807, 2.05) is 0 Å². The molecule has 0 fully saturated rings. The number of rotatable bonds is 2. The van der Waals surface area contributed by atoms with Gasteiger partial charge in [0.2, 0.25) is 0 Å². The van der Waals surface area contributed by atoms with E-state index in [2.05, 4.69) is 74.1 Å². The van der Waals surface area contributed by atoms with Gasteiger partial charge in [0.15, 0.2) is 0 Å². The zero-order valence-electron chi connectivity index (χ0n) is 9.34. The lowest BCUT2D eigenvalue weighted by molar-refractivity contribution is 0.589. The van der Waals surface area contributed by atoms with Crippen molar-refractivity contribution in [2.75, 3.05) is 0 Å². The zero-order valence-corrected chi connectivity index (χ0v) is 12.7. The molecule has 0 bridgehead atoms. The topological polar surface area (TPSA) is 0 Å². The van der Waals surface area contributed by atoms with Gasteiger partial charge in [0.05, 0.1) is 0 Å². The van der Waals surface area contributed by atoms with Crippen molar-refractivity contribution in [3.8, 4) is 0 Å². The van der Waals surface area contributed by atoms with Crippen LogP contribution >= 0.6 is 41.2 Å². The molecule has 0 unspecified atom stereocenters. The molecule has 1 aromatic rings. The second-order valence-electron chi connectivity index (χ2n) is 4.67. The molecule has 0 aliphatic rings. The molecule has 0 heterocycles. The predicted molar refractivity (Wildman–Crippen MR) is 78.2 cm³/mol. The van der Waals surface area contributed by atoms with Gasteiger partial charge in [-0.15, -0.1) is 0 Å². The van der Waals surface area contributed by atoms with E-state index >= 15 is 0 Å². The summed E-state index contributed by atoms with van der Waals surface area (Å²) in [4.78, 5) is 0. The number of hydrogen-bond donors (Lipinski definition) is 2. The molecule has 0 saturated carbocycles. The van der Waals surface area contributed by atoms with Crippen molar-refractivity contribution in [1.29, 1.82) is 0 Å². The Bertz CT molecular complexity index is 328. The molecular weight excluding hydrogens is 288 g/mol. The van der Waals surface area contributed by atoms with Crippen molar-refractivity contribution in [2.45, 2.75) is 37.7 Å². The minimum atomic E-state index is 0.177. The first kappa shape index (κ1) is 13.5. The number of thiol groups is 2. The van der Waals surface area contributed by atoms with Crippen LogP contribution in [0, 0.1) is 0 Å². The number of hydrogen-bond acceptors (Lipinski definition) is 2. The van der Waals surface area contributed by atoms with Gasteiger partial charge < -0.3 is 0 Å². The van der Waals surface area contributed by atoms with Crippen molar-refractivity contribution in [3.63, 3.8) is 0 Å². The van der Waals surface area contributed by atoms with Crippen LogP contribution < -0.4 is 0 Å². The van der Waals surface area contributed by atoms with Crippen molar-refractivity contribution in [3.05, 3.63) is 33.3 Å². The Labute approximate surface area is 112 Å². The quantitative estimate of drug-likeness (QED) is 0.733. The molecule has 0 radical (unpaired) electrons. The van der Waals surface area contributed by atoms with Gasteiger partial charge in [-0.3, -0.25) is 0 Å². The molecule has 0 N–H and O–H groups in total. The highest BCUT2D eigenvalue weighted by molar-refractivity contribution is 9.10. The number of halogens is 1. The molecule has 15 heavy (non-hydrogen) atoms. The Morgan fingerprint density at radius 3 is 1.73 bits per heavy atom. The third-order valence-electron chi connectivity index (χ3n) is 2.43. The van der Waals surface area contributed by atoms with Crippen molar-refractivity contribution < 1.29 is 0 Å². The van der Waals surface area contributed by atoms with Gasteiger partial charge in [-0.1, -0.05) is 48.8 Å². The first-order valence-corrected chi connectivity index (χ1v) is 6.99. The SMILES string of the molecule is CC(C)(C)c1cc(CS)c(Br)c(CS)c1. The first-order valence-electron chi connectivity index (χ1n) is 4.93. The van der Waals surface area contributed by atoms with E-state index in [4.69, 9.17) is 0 Å². The maximum absolute atomic E-state index is 4.35. The lowest BCUT2D eigenvalue weighted by Gasteiger charge is -2.22. The van der Waals surface area contributed by atoms with E-state index < -0.39 is 0 Å². The average molecular weight is 305 g/mol. The van der Waals surface area contributed by atoms with E-state index in [9.17, 15) is 0 Å². The highest BCUT2D eigenvalue weighted by Crippen LogP contribution is 2.31.